The Morgan fingerprint density at radius 1 is 1.41 bits per heavy atom. The van der Waals surface area contributed by atoms with Gasteiger partial charge in [0.1, 0.15) is 11.6 Å². The number of rotatable bonds is 3. The van der Waals surface area contributed by atoms with Crippen LogP contribution in [0.1, 0.15) is 17.4 Å². The Balaban J connectivity index is 2.49. The van der Waals surface area contributed by atoms with Gasteiger partial charge in [-0.2, -0.15) is 0 Å². The van der Waals surface area contributed by atoms with E-state index in [4.69, 9.17) is 16.0 Å². The van der Waals surface area contributed by atoms with E-state index in [0.29, 0.717) is 16.3 Å². The third-order valence-electron chi connectivity index (χ3n) is 2.46. The molecule has 1 N–H and O–H groups in total. The van der Waals surface area contributed by atoms with Gasteiger partial charge in [-0.05, 0) is 47.2 Å². The van der Waals surface area contributed by atoms with Crippen molar-refractivity contribution in [2.45, 2.75) is 6.04 Å². The second-order valence-corrected chi connectivity index (χ2v) is 4.81. The van der Waals surface area contributed by atoms with Gasteiger partial charge in [-0.15, -0.1) is 0 Å². The summed E-state index contributed by atoms with van der Waals surface area (Å²) in [7, 11) is 1.74. The molecule has 2 rings (SSSR count). The van der Waals surface area contributed by atoms with Crippen molar-refractivity contribution in [3.8, 4) is 0 Å². The summed E-state index contributed by atoms with van der Waals surface area (Å²) in [4.78, 5) is 0. The van der Waals surface area contributed by atoms with Crippen molar-refractivity contribution in [2.24, 2.45) is 0 Å². The molecule has 0 spiro atoms. The van der Waals surface area contributed by atoms with Crippen molar-refractivity contribution in [3.63, 3.8) is 0 Å². The topological polar surface area (TPSA) is 25.2 Å². The minimum Gasteiger partial charge on any atom is -0.466 e. The summed E-state index contributed by atoms with van der Waals surface area (Å²) in [5.41, 5.74) is 0.454. The molecular formula is C12H10BrClFNO. The minimum atomic E-state index is -0.377. The molecule has 2 nitrogen and oxygen atoms in total. The highest BCUT2D eigenvalue weighted by Gasteiger charge is 2.21. The van der Waals surface area contributed by atoms with E-state index in [1.165, 1.54) is 12.1 Å². The lowest BCUT2D eigenvalue weighted by Crippen LogP contribution is -2.18. The van der Waals surface area contributed by atoms with E-state index in [-0.39, 0.29) is 11.9 Å². The van der Waals surface area contributed by atoms with E-state index in [2.05, 4.69) is 21.2 Å². The van der Waals surface area contributed by atoms with Gasteiger partial charge >= 0.3 is 0 Å². The second-order valence-electron chi connectivity index (χ2n) is 3.52. The van der Waals surface area contributed by atoms with Crippen LogP contribution in [0.4, 0.5) is 4.39 Å². The third kappa shape index (κ3) is 2.54. The molecule has 0 aliphatic rings. The summed E-state index contributed by atoms with van der Waals surface area (Å²) in [6.45, 7) is 0. The highest BCUT2D eigenvalue weighted by atomic mass is 79.9. The van der Waals surface area contributed by atoms with E-state index < -0.39 is 0 Å². The fourth-order valence-electron chi connectivity index (χ4n) is 1.68. The smallest absolute Gasteiger partial charge is 0.139 e. The summed E-state index contributed by atoms with van der Waals surface area (Å²) in [5, 5.41) is 3.50. The van der Waals surface area contributed by atoms with Gasteiger partial charge in [-0.25, -0.2) is 4.39 Å². The Bertz CT molecular complexity index is 529. The largest absolute Gasteiger partial charge is 0.466 e. The Morgan fingerprint density at radius 3 is 2.76 bits per heavy atom. The molecule has 90 valence electrons. The van der Waals surface area contributed by atoms with Gasteiger partial charge in [0, 0.05) is 10.6 Å². The van der Waals surface area contributed by atoms with E-state index in [9.17, 15) is 4.39 Å². The summed E-state index contributed by atoms with van der Waals surface area (Å²) >= 11 is 9.24. The standard InChI is InChI=1S/C12H10BrClFNO/c1-16-11(12-9(13)4-5-17-12)8-6-7(14)2-3-10(8)15/h2-6,11,16H,1H3. The molecule has 0 amide bonds. The normalized spacial score (nSPS) is 12.7. The lowest BCUT2D eigenvalue weighted by molar-refractivity contribution is 0.450. The Hall–Kier alpha value is -0.840. The van der Waals surface area contributed by atoms with Crippen molar-refractivity contribution in [2.75, 3.05) is 7.05 Å². The zero-order valence-electron chi connectivity index (χ0n) is 9.01. The van der Waals surface area contributed by atoms with Crippen LogP contribution < -0.4 is 5.32 Å². The molecule has 1 unspecified atom stereocenters. The first-order chi connectivity index (χ1) is 8.13. The molecule has 5 heteroatoms. The lowest BCUT2D eigenvalue weighted by atomic mass is 10.0. The van der Waals surface area contributed by atoms with E-state index in [1.54, 1.807) is 25.4 Å². The second kappa shape index (κ2) is 5.21. The molecule has 1 atom stereocenters. The third-order valence-corrected chi connectivity index (χ3v) is 3.35. The van der Waals surface area contributed by atoms with E-state index in [0.717, 1.165) is 4.47 Å². The molecular weight excluding hydrogens is 308 g/mol. The molecule has 0 fully saturated rings. The summed E-state index contributed by atoms with van der Waals surface area (Å²) in [5.74, 6) is 0.297. The van der Waals surface area contributed by atoms with Gasteiger partial charge in [0.15, 0.2) is 0 Å². The van der Waals surface area contributed by atoms with Crippen LogP contribution in [-0.2, 0) is 0 Å². The zero-order chi connectivity index (χ0) is 12.4. The van der Waals surface area contributed by atoms with Crippen LogP contribution in [0.2, 0.25) is 5.02 Å². The fourth-order valence-corrected chi connectivity index (χ4v) is 2.29. The number of furan rings is 1. The predicted molar refractivity (Wildman–Crippen MR) is 68.7 cm³/mol. The van der Waals surface area contributed by atoms with Crippen LogP contribution in [0.3, 0.4) is 0 Å². The number of hydrogen-bond acceptors (Lipinski definition) is 2. The van der Waals surface area contributed by atoms with Crippen LogP contribution in [-0.4, -0.2) is 7.05 Å². The Kier molecular flexibility index (Phi) is 3.86. The van der Waals surface area contributed by atoms with Crippen LogP contribution in [0.15, 0.2) is 39.4 Å². The van der Waals surface area contributed by atoms with Crippen molar-refractivity contribution < 1.29 is 8.81 Å². The highest BCUT2D eigenvalue weighted by Crippen LogP contribution is 2.31. The summed E-state index contributed by atoms with van der Waals surface area (Å²) < 4.78 is 19.9. The summed E-state index contributed by atoms with van der Waals surface area (Å²) in [6, 6.07) is 5.84. The van der Waals surface area contributed by atoms with Gasteiger partial charge in [0.2, 0.25) is 0 Å². The number of benzene rings is 1. The van der Waals surface area contributed by atoms with Gasteiger partial charge in [0.25, 0.3) is 0 Å². The van der Waals surface area contributed by atoms with Crippen molar-refractivity contribution in [1.82, 2.24) is 5.32 Å². The summed E-state index contributed by atoms with van der Waals surface area (Å²) in [6.07, 6.45) is 1.55. The number of nitrogens with one attached hydrogen (secondary N) is 1. The molecule has 2 aromatic rings. The van der Waals surface area contributed by atoms with Crippen LogP contribution >= 0.6 is 27.5 Å². The number of halogens is 3. The first kappa shape index (κ1) is 12.6. The van der Waals surface area contributed by atoms with Crippen LogP contribution in [0, 0.1) is 5.82 Å². The molecule has 0 aliphatic carbocycles. The van der Waals surface area contributed by atoms with E-state index in [1.807, 2.05) is 0 Å². The monoisotopic (exact) mass is 317 g/mol. The molecule has 0 radical (unpaired) electrons. The lowest BCUT2D eigenvalue weighted by Gasteiger charge is -2.15. The predicted octanol–water partition coefficient (Wildman–Crippen LogP) is 4.14. The molecule has 17 heavy (non-hydrogen) atoms. The Morgan fingerprint density at radius 2 is 2.18 bits per heavy atom. The maximum Gasteiger partial charge on any atom is 0.139 e. The van der Waals surface area contributed by atoms with Crippen molar-refractivity contribution in [3.05, 3.63) is 57.2 Å². The van der Waals surface area contributed by atoms with Gasteiger partial charge in [-0.1, -0.05) is 11.6 Å². The maximum atomic E-state index is 13.8. The molecule has 0 saturated carbocycles. The molecule has 1 aromatic carbocycles. The van der Waals surface area contributed by atoms with Crippen LogP contribution in [0.25, 0.3) is 0 Å². The minimum absolute atomic E-state index is 0.322. The van der Waals surface area contributed by atoms with Crippen LogP contribution in [0.5, 0.6) is 0 Å². The van der Waals surface area contributed by atoms with Gasteiger partial charge in [0.05, 0.1) is 16.8 Å². The average Bonchev–Trinajstić information content (AvgIpc) is 2.71. The van der Waals surface area contributed by atoms with Crippen molar-refractivity contribution >= 4 is 27.5 Å². The van der Waals surface area contributed by atoms with Gasteiger partial charge < -0.3 is 9.73 Å². The molecule has 1 aromatic heterocycles. The first-order valence-corrected chi connectivity index (χ1v) is 6.15. The molecule has 0 saturated heterocycles. The first-order valence-electron chi connectivity index (χ1n) is 4.98. The van der Waals surface area contributed by atoms with Gasteiger partial charge in [-0.3, -0.25) is 0 Å². The maximum absolute atomic E-state index is 13.8. The van der Waals surface area contributed by atoms with Crippen molar-refractivity contribution in [1.29, 1.82) is 0 Å². The SMILES string of the molecule is CNC(c1cc(Cl)ccc1F)c1occc1Br. The zero-order valence-corrected chi connectivity index (χ0v) is 11.3. The Labute approximate surface area is 112 Å². The number of hydrogen-bond donors (Lipinski definition) is 1. The van der Waals surface area contributed by atoms with E-state index >= 15 is 0 Å². The fraction of sp³-hybridized carbons (Fsp3) is 0.167. The molecule has 0 aliphatic heterocycles. The average molecular weight is 319 g/mol. The quantitative estimate of drug-likeness (QED) is 0.920. The molecule has 0 bridgehead atoms. The highest BCUT2D eigenvalue weighted by molar-refractivity contribution is 9.10. The molecule has 1 heterocycles.